The van der Waals surface area contributed by atoms with E-state index in [0.717, 1.165) is 13.0 Å². The predicted octanol–water partition coefficient (Wildman–Crippen LogP) is 0.547. The summed E-state index contributed by atoms with van der Waals surface area (Å²) in [7, 11) is 0. The molecular formula is C14H18N2O2. The van der Waals surface area contributed by atoms with E-state index in [4.69, 9.17) is 10.5 Å². The molecule has 1 aromatic carbocycles. The highest BCUT2D eigenvalue weighted by Crippen LogP contribution is 2.31. The van der Waals surface area contributed by atoms with Crippen molar-refractivity contribution in [1.29, 1.82) is 0 Å². The number of hydrogen-bond donors (Lipinski definition) is 1. The van der Waals surface area contributed by atoms with E-state index in [-0.39, 0.29) is 5.91 Å². The number of fused-ring (bicyclic) bond motifs is 1. The van der Waals surface area contributed by atoms with Crippen LogP contribution in [0, 0.1) is 5.41 Å². The molecule has 2 aliphatic rings. The van der Waals surface area contributed by atoms with Gasteiger partial charge in [0.1, 0.15) is 5.41 Å². The van der Waals surface area contributed by atoms with Gasteiger partial charge in [-0.2, -0.15) is 0 Å². The smallest absolute Gasteiger partial charge is 0.235 e. The van der Waals surface area contributed by atoms with Crippen LogP contribution in [0.5, 0.6) is 0 Å². The van der Waals surface area contributed by atoms with Gasteiger partial charge in [0, 0.05) is 19.6 Å². The Morgan fingerprint density at radius 2 is 2.06 bits per heavy atom. The number of nitrogens with two attached hydrogens (primary N) is 1. The molecule has 2 N–H and O–H groups in total. The summed E-state index contributed by atoms with van der Waals surface area (Å²) >= 11 is 0. The first-order valence-electron chi connectivity index (χ1n) is 6.39. The Bertz CT molecular complexity index is 463. The quantitative estimate of drug-likeness (QED) is 0.829. The zero-order valence-electron chi connectivity index (χ0n) is 10.4. The van der Waals surface area contributed by atoms with Gasteiger partial charge in [-0.25, -0.2) is 0 Å². The molecule has 0 spiro atoms. The van der Waals surface area contributed by atoms with E-state index in [2.05, 4.69) is 18.2 Å². The van der Waals surface area contributed by atoms with Crippen molar-refractivity contribution in [2.24, 2.45) is 11.1 Å². The third kappa shape index (κ3) is 1.72. The Balaban J connectivity index is 1.78. The minimum Gasteiger partial charge on any atom is -0.379 e. The van der Waals surface area contributed by atoms with Gasteiger partial charge in [0.05, 0.1) is 13.2 Å². The van der Waals surface area contributed by atoms with Crippen LogP contribution in [0.2, 0.25) is 0 Å². The van der Waals surface area contributed by atoms with Crippen molar-refractivity contribution in [2.75, 3.05) is 26.3 Å². The van der Waals surface area contributed by atoms with Gasteiger partial charge in [0.25, 0.3) is 0 Å². The first-order chi connectivity index (χ1) is 8.75. The number of carbonyl (C=O) groups excluding carboxylic acids is 1. The summed E-state index contributed by atoms with van der Waals surface area (Å²) in [5.74, 6) is 0.158. The molecule has 1 amide bonds. The fourth-order valence-electron chi connectivity index (χ4n) is 2.68. The topological polar surface area (TPSA) is 55.6 Å². The van der Waals surface area contributed by atoms with E-state index in [0.29, 0.717) is 26.3 Å². The minimum atomic E-state index is -0.452. The Morgan fingerprint density at radius 1 is 1.33 bits per heavy atom. The van der Waals surface area contributed by atoms with E-state index in [1.54, 1.807) is 0 Å². The summed E-state index contributed by atoms with van der Waals surface area (Å²) in [6.45, 7) is 2.82. The van der Waals surface area contributed by atoms with Gasteiger partial charge < -0.3 is 15.4 Å². The first kappa shape index (κ1) is 11.7. The van der Waals surface area contributed by atoms with Crippen molar-refractivity contribution in [3.63, 3.8) is 0 Å². The van der Waals surface area contributed by atoms with Crippen LogP contribution in [-0.2, 0) is 22.5 Å². The number of benzene rings is 1. The molecule has 1 saturated heterocycles. The monoisotopic (exact) mass is 246 g/mol. The van der Waals surface area contributed by atoms with E-state index >= 15 is 0 Å². The predicted molar refractivity (Wildman–Crippen MR) is 67.9 cm³/mol. The van der Waals surface area contributed by atoms with E-state index in [9.17, 15) is 4.79 Å². The van der Waals surface area contributed by atoms with Gasteiger partial charge in [0.2, 0.25) is 5.91 Å². The molecule has 4 nitrogen and oxygen atoms in total. The Labute approximate surface area is 107 Å². The van der Waals surface area contributed by atoms with Crippen molar-refractivity contribution < 1.29 is 9.53 Å². The highest BCUT2D eigenvalue weighted by Gasteiger charge is 2.47. The lowest BCUT2D eigenvalue weighted by Crippen LogP contribution is -2.59. The molecule has 0 radical (unpaired) electrons. The number of hydrogen-bond acceptors (Lipinski definition) is 3. The summed E-state index contributed by atoms with van der Waals surface area (Å²) < 4.78 is 5.18. The van der Waals surface area contributed by atoms with Gasteiger partial charge >= 0.3 is 0 Å². The Hall–Kier alpha value is -1.39. The molecule has 1 fully saturated rings. The molecule has 0 bridgehead atoms. The maximum Gasteiger partial charge on any atom is 0.235 e. The second kappa shape index (κ2) is 4.37. The van der Waals surface area contributed by atoms with Crippen LogP contribution in [-0.4, -0.2) is 37.1 Å². The molecule has 2 aliphatic heterocycles. The van der Waals surface area contributed by atoms with Crippen molar-refractivity contribution in [3.8, 4) is 0 Å². The van der Waals surface area contributed by atoms with Crippen LogP contribution >= 0.6 is 0 Å². The maximum absolute atomic E-state index is 12.5. The number of amides is 1. The van der Waals surface area contributed by atoms with Gasteiger partial charge in [-0.15, -0.1) is 0 Å². The van der Waals surface area contributed by atoms with Crippen molar-refractivity contribution in [2.45, 2.75) is 13.0 Å². The molecule has 0 unspecified atom stereocenters. The molecule has 0 aromatic heterocycles. The fourth-order valence-corrected chi connectivity index (χ4v) is 2.68. The van der Waals surface area contributed by atoms with Gasteiger partial charge in [-0.3, -0.25) is 4.79 Å². The van der Waals surface area contributed by atoms with E-state index in [1.807, 2.05) is 11.0 Å². The van der Waals surface area contributed by atoms with Gasteiger partial charge in [-0.05, 0) is 17.5 Å². The summed E-state index contributed by atoms with van der Waals surface area (Å²) in [6.07, 6.45) is 0.934. The highest BCUT2D eigenvalue weighted by molar-refractivity contribution is 5.84. The summed E-state index contributed by atoms with van der Waals surface area (Å²) in [6, 6.07) is 8.32. The van der Waals surface area contributed by atoms with Crippen LogP contribution in [0.3, 0.4) is 0 Å². The zero-order valence-corrected chi connectivity index (χ0v) is 10.4. The molecular weight excluding hydrogens is 228 g/mol. The molecule has 0 atom stereocenters. The second-order valence-electron chi connectivity index (χ2n) is 5.22. The molecule has 96 valence electrons. The summed E-state index contributed by atoms with van der Waals surface area (Å²) in [4.78, 5) is 14.4. The average Bonchev–Trinajstić information content (AvgIpc) is 2.37. The minimum absolute atomic E-state index is 0.158. The lowest BCUT2D eigenvalue weighted by molar-refractivity contribution is -0.171. The van der Waals surface area contributed by atoms with Crippen molar-refractivity contribution in [3.05, 3.63) is 35.4 Å². The lowest BCUT2D eigenvalue weighted by atomic mass is 9.83. The van der Waals surface area contributed by atoms with Crippen LogP contribution in [0.15, 0.2) is 24.3 Å². The van der Waals surface area contributed by atoms with Crippen LogP contribution in [0.25, 0.3) is 0 Å². The van der Waals surface area contributed by atoms with Crippen molar-refractivity contribution in [1.82, 2.24) is 4.90 Å². The largest absolute Gasteiger partial charge is 0.379 e. The average molecular weight is 246 g/mol. The highest BCUT2D eigenvalue weighted by atomic mass is 16.5. The van der Waals surface area contributed by atoms with E-state index in [1.165, 1.54) is 11.1 Å². The zero-order chi connectivity index (χ0) is 12.6. The standard InChI is InChI=1S/C14H18N2O2/c15-8-14(9-18-10-14)13(17)16-6-5-11-3-1-2-4-12(11)7-16/h1-4H,5-10,15H2. The molecule has 18 heavy (non-hydrogen) atoms. The summed E-state index contributed by atoms with van der Waals surface area (Å²) in [5.41, 5.74) is 7.90. The van der Waals surface area contributed by atoms with Crippen molar-refractivity contribution >= 4 is 5.91 Å². The fraction of sp³-hybridized carbons (Fsp3) is 0.500. The summed E-state index contributed by atoms with van der Waals surface area (Å²) in [5, 5.41) is 0. The van der Waals surface area contributed by atoms with Crippen LogP contribution < -0.4 is 5.73 Å². The molecule has 2 heterocycles. The van der Waals surface area contributed by atoms with Gasteiger partial charge in [-0.1, -0.05) is 24.3 Å². The first-order valence-corrected chi connectivity index (χ1v) is 6.39. The van der Waals surface area contributed by atoms with Gasteiger partial charge in [0.15, 0.2) is 0 Å². The number of rotatable bonds is 2. The molecule has 1 aromatic rings. The molecule has 0 saturated carbocycles. The molecule has 4 heteroatoms. The second-order valence-corrected chi connectivity index (χ2v) is 5.22. The Kier molecular flexibility index (Phi) is 2.84. The third-order valence-electron chi connectivity index (χ3n) is 4.02. The number of nitrogens with zero attached hydrogens (tertiary/aromatic N) is 1. The number of carbonyl (C=O) groups is 1. The van der Waals surface area contributed by atoms with Crippen LogP contribution in [0.1, 0.15) is 11.1 Å². The number of ether oxygens (including phenoxy) is 1. The Morgan fingerprint density at radius 3 is 2.67 bits per heavy atom. The van der Waals surface area contributed by atoms with E-state index < -0.39 is 5.41 Å². The van der Waals surface area contributed by atoms with Crippen LogP contribution in [0.4, 0.5) is 0 Å². The molecule has 0 aliphatic carbocycles. The maximum atomic E-state index is 12.5. The normalized spacial score (nSPS) is 21.1. The third-order valence-corrected chi connectivity index (χ3v) is 4.02. The SMILES string of the molecule is NCC1(C(=O)N2CCc3ccccc3C2)COC1. The molecule has 3 rings (SSSR count). The lowest BCUT2D eigenvalue weighted by Gasteiger charge is -2.43.